The minimum atomic E-state index is -0.123. The quantitative estimate of drug-likeness (QED) is 0.599. The van der Waals surface area contributed by atoms with E-state index in [9.17, 15) is 14.4 Å². The summed E-state index contributed by atoms with van der Waals surface area (Å²) in [5.74, 6) is 2.36. The molecule has 5 aliphatic carbocycles. The van der Waals surface area contributed by atoms with Gasteiger partial charge in [0, 0.05) is 17.6 Å². The van der Waals surface area contributed by atoms with Gasteiger partial charge in [-0.25, -0.2) is 0 Å². The van der Waals surface area contributed by atoms with Crippen molar-refractivity contribution in [1.29, 1.82) is 0 Å². The number of allylic oxidation sites excluding steroid dienone is 2. The van der Waals surface area contributed by atoms with Crippen LogP contribution < -0.4 is 10.1 Å². The van der Waals surface area contributed by atoms with Crippen LogP contribution in [0.15, 0.2) is 36.4 Å². The van der Waals surface area contributed by atoms with Crippen LogP contribution in [0.3, 0.4) is 0 Å². The van der Waals surface area contributed by atoms with E-state index in [0.29, 0.717) is 37.5 Å². The van der Waals surface area contributed by atoms with E-state index in [1.54, 1.807) is 12.0 Å². The van der Waals surface area contributed by atoms with Crippen LogP contribution >= 0.6 is 0 Å². The Hall–Kier alpha value is -2.63. The number of likely N-dealkylation sites (tertiary alicyclic amines) is 1. The third-order valence-electron chi connectivity index (χ3n) is 8.49. The van der Waals surface area contributed by atoms with Crippen LogP contribution in [0.1, 0.15) is 32.1 Å². The maximum atomic E-state index is 13.3. The number of imide groups is 1. The van der Waals surface area contributed by atoms with Crippen molar-refractivity contribution < 1.29 is 19.1 Å². The van der Waals surface area contributed by atoms with Gasteiger partial charge in [0.1, 0.15) is 5.75 Å². The molecule has 0 aromatic heterocycles. The SMILES string of the molecule is COc1ccc(NC(=O)C2CCC(N3C(=O)[C@H]4[C@@H]5C=C[C@@H]([C@H]6C[C@H]56)[C@@H]4C3=O)CC2)cc1. The van der Waals surface area contributed by atoms with Gasteiger partial charge >= 0.3 is 0 Å². The summed E-state index contributed by atoms with van der Waals surface area (Å²) in [5, 5.41) is 2.98. The van der Waals surface area contributed by atoms with Gasteiger partial charge in [0.25, 0.3) is 0 Å². The molecule has 4 fully saturated rings. The lowest BCUT2D eigenvalue weighted by Gasteiger charge is -2.37. The molecular formula is C25H28N2O4. The first kappa shape index (κ1) is 19.1. The molecular weight excluding hydrogens is 392 g/mol. The van der Waals surface area contributed by atoms with E-state index in [-0.39, 0.29) is 53.4 Å². The Bertz CT molecular complexity index is 926. The van der Waals surface area contributed by atoms with Gasteiger partial charge in [0.2, 0.25) is 17.7 Å². The van der Waals surface area contributed by atoms with Crippen LogP contribution in [0.4, 0.5) is 5.69 Å². The zero-order valence-corrected chi connectivity index (χ0v) is 17.7. The highest BCUT2D eigenvalue weighted by Crippen LogP contribution is 2.65. The monoisotopic (exact) mass is 420 g/mol. The van der Waals surface area contributed by atoms with Gasteiger partial charge in [0.05, 0.1) is 18.9 Å². The molecule has 1 heterocycles. The summed E-state index contributed by atoms with van der Waals surface area (Å²) in [7, 11) is 1.61. The van der Waals surface area contributed by atoms with E-state index >= 15 is 0 Å². The number of anilines is 1. The highest BCUT2D eigenvalue weighted by Gasteiger charge is 2.67. The number of nitrogens with one attached hydrogen (secondary N) is 1. The van der Waals surface area contributed by atoms with Gasteiger partial charge in [-0.05, 0) is 80.0 Å². The van der Waals surface area contributed by atoms with Crippen molar-refractivity contribution in [3.8, 4) is 5.75 Å². The molecule has 31 heavy (non-hydrogen) atoms. The van der Waals surface area contributed by atoms with Crippen LogP contribution in [0.25, 0.3) is 0 Å². The minimum Gasteiger partial charge on any atom is -0.497 e. The number of ether oxygens (including phenoxy) is 1. The average Bonchev–Trinajstić information content (AvgIpc) is 3.58. The number of amides is 3. The molecule has 7 rings (SSSR count). The normalized spacial score (nSPS) is 39.8. The first-order valence-electron chi connectivity index (χ1n) is 11.6. The van der Waals surface area contributed by atoms with Crippen LogP contribution in [-0.2, 0) is 14.4 Å². The Balaban J connectivity index is 1.09. The number of hydrogen-bond acceptors (Lipinski definition) is 4. The van der Waals surface area contributed by atoms with Crippen LogP contribution in [-0.4, -0.2) is 35.8 Å². The lowest BCUT2D eigenvalue weighted by atomic mass is 9.63. The largest absolute Gasteiger partial charge is 0.497 e. The second-order valence-corrected chi connectivity index (χ2v) is 9.92. The Labute approximate surface area is 182 Å². The van der Waals surface area contributed by atoms with E-state index in [1.807, 2.05) is 24.3 Å². The topological polar surface area (TPSA) is 75.7 Å². The molecule has 0 unspecified atom stereocenters. The Morgan fingerprint density at radius 3 is 2.06 bits per heavy atom. The van der Waals surface area contributed by atoms with Gasteiger partial charge in [0.15, 0.2) is 0 Å². The van der Waals surface area contributed by atoms with Crippen molar-refractivity contribution in [2.24, 2.45) is 41.4 Å². The van der Waals surface area contributed by atoms with Crippen molar-refractivity contribution >= 4 is 23.4 Å². The summed E-state index contributed by atoms with van der Waals surface area (Å²) in [4.78, 5) is 40.9. The molecule has 2 bridgehead atoms. The Morgan fingerprint density at radius 2 is 1.52 bits per heavy atom. The fraction of sp³-hybridized carbons (Fsp3) is 0.560. The molecule has 6 nitrogen and oxygen atoms in total. The van der Waals surface area contributed by atoms with E-state index < -0.39 is 0 Å². The molecule has 0 spiro atoms. The maximum absolute atomic E-state index is 13.3. The second-order valence-electron chi connectivity index (χ2n) is 9.92. The number of hydrogen-bond donors (Lipinski definition) is 1. The zero-order valence-electron chi connectivity index (χ0n) is 17.7. The third-order valence-corrected chi connectivity index (χ3v) is 8.49. The summed E-state index contributed by atoms with van der Waals surface area (Å²) in [5.41, 5.74) is 0.753. The molecule has 1 aliphatic heterocycles. The predicted molar refractivity (Wildman–Crippen MR) is 114 cm³/mol. The molecule has 6 atom stereocenters. The van der Waals surface area contributed by atoms with Crippen molar-refractivity contribution in [1.82, 2.24) is 4.90 Å². The maximum Gasteiger partial charge on any atom is 0.233 e. The number of benzene rings is 1. The first-order chi connectivity index (χ1) is 15.1. The number of rotatable bonds is 4. The van der Waals surface area contributed by atoms with Crippen molar-refractivity contribution in [2.45, 2.75) is 38.1 Å². The second kappa shape index (κ2) is 6.94. The van der Waals surface area contributed by atoms with Crippen LogP contribution in [0.5, 0.6) is 5.75 Å². The molecule has 3 saturated carbocycles. The Kier molecular flexibility index (Phi) is 4.27. The average molecular weight is 421 g/mol. The molecule has 1 N–H and O–H groups in total. The zero-order chi connectivity index (χ0) is 21.3. The number of carbonyl (C=O) groups is 3. The summed E-state index contributed by atoms with van der Waals surface area (Å²) in [6.07, 6.45) is 8.46. The van der Waals surface area contributed by atoms with E-state index in [2.05, 4.69) is 17.5 Å². The standard InChI is InChI=1S/C25H28N2O4/c1-31-16-8-4-14(5-9-16)26-23(28)13-2-6-15(7-3-13)27-24(29)21-17-10-11-18(20-12-19(17)20)22(21)25(27)30/h4-5,8-11,13,15,17-22H,2-3,6-7,12H2,1H3,(H,26,28)/t13?,15?,17-,18+,19-,20-,21+,22+/m1/s1. The highest BCUT2D eigenvalue weighted by atomic mass is 16.5. The van der Waals surface area contributed by atoms with Crippen LogP contribution in [0, 0.1) is 41.4 Å². The smallest absolute Gasteiger partial charge is 0.233 e. The summed E-state index contributed by atoms with van der Waals surface area (Å²) >= 11 is 0. The number of methoxy groups -OCH3 is 1. The minimum absolute atomic E-state index is 0.0127. The molecule has 1 aromatic rings. The molecule has 1 aromatic carbocycles. The molecule has 162 valence electrons. The third kappa shape index (κ3) is 2.87. The fourth-order valence-electron chi connectivity index (χ4n) is 6.85. The van der Waals surface area contributed by atoms with E-state index in [1.165, 1.54) is 6.42 Å². The molecule has 0 radical (unpaired) electrons. The summed E-state index contributed by atoms with van der Waals surface area (Å²) < 4.78 is 5.15. The van der Waals surface area contributed by atoms with Crippen LogP contribution in [0.2, 0.25) is 0 Å². The lowest BCUT2D eigenvalue weighted by Crippen LogP contribution is -2.44. The van der Waals surface area contributed by atoms with Crippen molar-refractivity contribution in [3.05, 3.63) is 36.4 Å². The molecule has 6 aliphatic rings. The van der Waals surface area contributed by atoms with Gasteiger partial charge < -0.3 is 10.1 Å². The van der Waals surface area contributed by atoms with Gasteiger partial charge in [-0.1, -0.05) is 12.2 Å². The highest BCUT2D eigenvalue weighted by molar-refractivity contribution is 6.06. The van der Waals surface area contributed by atoms with E-state index in [0.717, 1.165) is 11.4 Å². The molecule has 1 saturated heterocycles. The summed E-state index contributed by atoms with van der Waals surface area (Å²) in [6.45, 7) is 0. The Morgan fingerprint density at radius 1 is 0.935 bits per heavy atom. The van der Waals surface area contributed by atoms with E-state index in [4.69, 9.17) is 4.74 Å². The lowest BCUT2D eigenvalue weighted by molar-refractivity contribution is -0.144. The fourth-order valence-corrected chi connectivity index (χ4v) is 6.85. The van der Waals surface area contributed by atoms with Crippen molar-refractivity contribution in [2.75, 3.05) is 12.4 Å². The summed E-state index contributed by atoms with van der Waals surface area (Å²) in [6, 6.07) is 7.26. The predicted octanol–water partition coefficient (Wildman–Crippen LogP) is 3.25. The first-order valence-corrected chi connectivity index (χ1v) is 11.6. The molecule has 3 amide bonds. The number of nitrogens with zero attached hydrogens (tertiary/aromatic N) is 1. The van der Waals surface area contributed by atoms with Gasteiger partial charge in [-0.3, -0.25) is 19.3 Å². The molecule has 6 heteroatoms. The number of carbonyl (C=O) groups excluding carboxylic acids is 3. The van der Waals surface area contributed by atoms with Gasteiger partial charge in [-0.2, -0.15) is 0 Å². The van der Waals surface area contributed by atoms with Gasteiger partial charge in [-0.15, -0.1) is 0 Å². The van der Waals surface area contributed by atoms with Crippen molar-refractivity contribution in [3.63, 3.8) is 0 Å².